The third kappa shape index (κ3) is 5.14. The highest BCUT2D eigenvalue weighted by atomic mass is 35.5. The summed E-state index contributed by atoms with van der Waals surface area (Å²) in [7, 11) is 0. The maximum absolute atomic E-state index is 12.6. The number of carbonyl (C=O) groups excluding carboxylic acids is 1. The molecule has 0 aliphatic carbocycles. The lowest BCUT2D eigenvalue weighted by molar-refractivity contribution is 0.0951. The van der Waals surface area contributed by atoms with Crippen molar-refractivity contribution in [1.82, 2.24) is 10.3 Å². The first-order valence-electron chi connectivity index (χ1n) is 10.9. The fourth-order valence-electron chi connectivity index (χ4n) is 3.82. The number of fused-ring (bicyclic) bond motifs is 1. The Morgan fingerprint density at radius 3 is 2.39 bits per heavy atom. The lowest BCUT2D eigenvalue weighted by atomic mass is 10.1. The zero-order chi connectivity index (χ0) is 25.4. The van der Waals surface area contributed by atoms with Crippen LogP contribution in [0.5, 0.6) is 0 Å². The molecule has 36 heavy (non-hydrogen) atoms. The second kappa shape index (κ2) is 9.78. The second-order valence-electron chi connectivity index (χ2n) is 8.28. The maximum Gasteiger partial charge on any atom is 0.293 e. The fourth-order valence-corrected chi connectivity index (χ4v) is 4.33. The van der Waals surface area contributed by atoms with Crippen LogP contribution in [-0.2, 0) is 0 Å². The normalized spacial score (nSPS) is 11.0. The number of benzene rings is 3. The molecule has 9 heteroatoms. The molecule has 0 atom stereocenters. The Kier molecular flexibility index (Phi) is 6.53. The minimum Gasteiger partial charge on any atom is -0.451 e. The third-order valence-corrected chi connectivity index (χ3v) is 6.32. The highest BCUT2D eigenvalue weighted by Gasteiger charge is 2.15. The molecule has 0 fully saturated rings. The first-order chi connectivity index (χ1) is 17.2. The summed E-state index contributed by atoms with van der Waals surface area (Å²) in [6.45, 7) is 4.07. The topological polar surface area (TPSA) is 80.3 Å². The Balaban J connectivity index is 1.27. The minimum atomic E-state index is -0.488. The van der Waals surface area contributed by atoms with Gasteiger partial charge in [0.15, 0.2) is 16.5 Å². The van der Waals surface area contributed by atoms with Gasteiger partial charge in [0.25, 0.3) is 5.91 Å². The lowest BCUT2D eigenvalue weighted by Gasteiger charge is -2.08. The van der Waals surface area contributed by atoms with Gasteiger partial charge in [0.2, 0.25) is 5.89 Å². The summed E-state index contributed by atoms with van der Waals surface area (Å²) in [4.78, 5) is 17.2. The van der Waals surface area contributed by atoms with Gasteiger partial charge in [-0.05, 0) is 86.7 Å². The van der Waals surface area contributed by atoms with Gasteiger partial charge < -0.3 is 14.2 Å². The van der Waals surface area contributed by atoms with Crippen molar-refractivity contribution in [2.75, 3.05) is 5.32 Å². The maximum atomic E-state index is 12.6. The van der Waals surface area contributed by atoms with E-state index in [1.807, 2.05) is 26.0 Å². The number of amides is 1. The summed E-state index contributed by atoms with van der Waals surface area (Å²) >= 11 is 17.4. The van der Waals surface area contributed by atoms with Crippen LogP contribution in [-0.4, -0.2) is 16.0 Å². The van der Waals surface area contributed by atoms with Crippen molar-refractivity contribution in [3.8, 4) is 22.8 Å². The van der Waals surface area contributed by atoms with E-state index < -0.39 is 5.91 Å². The van der Waals surface area contributed by atoms with Crippen LogP contribution >= 0.6 is 35.4 Å². The standard InChI is InChI=1S/C27H19Cl2N3O3S/c1-14-9-15(2)11-17(10-14)26-31-21-13-18(4-6-23(21)35-26)30-27(36)32-25(33)24-8-7-22(34-24)16-3-5-19(28)20(29)12-16/h3-13H,1-2H3,(H2,30,32,33,36). The largest absolute Gasteiger partial charge is 0.451 e. The quantitative estimate of drug-likeness (QED) is 0.228. The number of aromatic nitrogens is 1. The Hall–Kier alpha value is -3.65. The molecule has 3 aromatic carbocycles. The second-order valence-corrected chi connectivity index (χ2v) is 9.50. The molecule has 0 saturated heterocycles. The number of oxazole rings is 1. The molecule has 5 rings (SSSR count). The summed E-state index contributed by atoms with van der Waals surface area (Å²) in [6, 6.07) is 19.9. The van der Waals surface area contributed by atoms with E-state index in [0.717, 1.165) is 16.7 Å². The van der Waals surface area contributed by atoms with Crippen LogP contribution in [0, 0.1) is 13.8 Å². The van der Waals surface area contributed by atoms with Crippen LogP contribution in [0.25, 0.3) is 33.9 Å². The van der Waals surface area contributed by atoms with Gasteiger partial charge in [-0.3, -0.25) is 10.1 Å². The number of nitrogens with zero attached hydrogens (tertiary/aromatic N) is 1. The van der Waals surface area contributed by atoms with Crippen molar-refractivity contribution in [2.45, 2.75) is 13.8 Å². The van der Waals surface area contributed by atoms with Gasteiger partial charge in [0, 0.05) is 16.8 Å². The number of anilines is 1. The van der Waals surface area contributed by atoms with Crippen molar-refractivity contribution in [3.05, 3.63) is 93.7 Å². The number of furan rings is 1. The number of aryl methyl sites for hydroxylation is 2. The van der Waals surface area contributed by atoms with Crippen molar-refractivity contribution in [2.24, 2.45) is 0 Å². The van der Waals surface area contributed by atoms with Gasteiger partial charge in [-0.15, -0.1) is 0 Å². The summed E-state index contributed by atoms with van der Waals surface area (Å²) < 4.78 is 11.6. The van der Waals surface area contributed by atoms with E-state index in [-0.39, 0.29) is 10.9 Å². The van der Waals surface area contributed by atoms with E-state index in [9.17, 15) is 4.79 Å². The highest BCUT2D eigenvalue weighted by molar-refractivity contribution is 7.80. The number of hydrogen-bond donors (Lipinski definition) is 2. The summed E-state index contributed by atoms with van der Waals surface area (Å²) in [5, 5.41) is 6.56. The zero-order valence-corrected chi connectivity index (χ0v) is 21.5. The van der Waals surface area contributed by atoms with Crippen LogP contribution in [0.15, 0.2) is 75.6 Å². The zero-order valence-electron chi connectivity index (χ0n) is 19.2. The summed E-state index contributed by atoms with van der Waals surface area (Å²) in [5.41, 5.74) is 5.86. The van der Waals surface area contributed by atoms with E-state index in [1.165, 1.54) is 0 Å². The van der Waals surface area contributed by atoms with Crippen LogP contribution in [0.4, 0.5) is 5.69 Å². The smallest absolute Gasteiger partial charge is 0.293 e. The molecule has 0 unspecified atom stereocenters. The molecule has 0 aliphatic rings. The van der Waals surface area contributed by atoms with Crippen LogP contribution < -0.4 is 10.6 Å². The average molecular weight is 536 g/mol. The van der Waals surface area contributed by atoms with Crippen LogP contribution in [0.1, 0.15) is 21.7 Å². The van der Waals surface area contributed by atoms with Crippen LogP contribution in [0.3, 0.4) is 0 Å². The third-order valence-electron chi connectivity index (χ3n) is 5.38. The minimum absolute atomic E-state index is 0.102. The van der Waals surface area contributed by atoms with Crippen LogP contribution in [0.2, 0.25) is 10.0 Å². The molecule has 2 heterocycles. The number of rotatable bonds is 4. The fraction of sp³-hybridized carbons (Fsp3) is 0.0741. The molecule has 5 aromatic rings. The van der Waals surface area contributed by atoms with E-state index in [0.29, 0.717) is 44.0 Å². The van der Waals surface area contributed by atoms with Crippen molar-refractivity contribution >= 4 is 63.2 Å². The van der Waals surface area contributed by atoms with Crippen molar-refractivity contribution < 1.29 is 13.6 Å². The van der Waals surface area contributed by atoms with Gasteiger partial charge in [0.05, 0.1) is 10.0 Å². The molecule has 0 bridgehead atoms. The first kappa shape index (κ1) is 24.1. The Labute approximate surface area is 222 Å². The predicted molar refractivity (Wildman–Crippen MR) is 147 cm³/mol. The van der Waals surface area contributed by atoms with E-state index in [4.69, 9.17) is 44.3 Å². The number of hydrogen-bond acceptors (Lipinski definition) is 5. The van der Waals surface area contributed by atoms with Crippen molar-refractivity contribution in [1.29, 1.82) is 0 Å². The highest BCUT2D eigenvalue weighted by Crippen LogP contribution is 2.30. The number of carbonyl (C=O) groups is 1. The number of thiocarbonyl (C=S) groups is 1. The summed E-state index contributed by atoms with van der Waals surface area (Å²) in [6.07, 6.45) is 0. The SMILES string of the molecule is Cc1cc(C)cc(-c2nc3cc(NC(=S)NC(=O)c4ccc(-c5ccc(Cl)c(Cl)c5)o4)ccc3o2)c1. The summed E-state index contributed by atoms with van der Waals surface area (Å²) in [5.74, 6) is 0.637. The van der Waals surface area contributed by atoms with E-state index >= 15 is 0 Å². The molecule has 0 spiro atoms. The monoisotopic (exact) mass is 535 g/mol. The first-order valence-corrected chi connectivity index (χ1v) is 12.1. The van der Waals surface area contributed by atoms with Gasteiger partial charge in [-0.2, -0.15) is 0 Å². The molecule has 2 aromatic heterocycles. The predicted octanol–water partition coefficient (Wildman–Crippen LogP) is 7.81. The number of nitrogens with one attached hydrogen (secondary N) is 2. The Morgan fingerprint density at radius 2 is 1.64 bits per heavy atom. The molecular weight excluding hydrogens is 517 g/mol. The van der Waals surface area contributed by atoms with E-state index in [1.54, 1.807) is 48.5 Å². The molecule has 6 nitrogen and oxygen atoms in total. The average Bonchev–Trinajstić information content (AvgIpc) is 3.47. The molecule has 2 N–H and O–H groups in total. The van der Waals surface area contributed by atoms with Gasteiger partial charge in [-0.25, -0.2) is 4.98 Å². The van der Waals surface area contributed by atoms with Gasteiger partial charge in [-0.1, -0.05) is 40.4 Å². The molecule has 0 aliphatic heterocycles. The van der Waals surface area contributed by atoms with Gasteiger partial charge in [0.1, 0.15) is 11.3 Å². The van der Waals surface area contributed by atoms with Crippen molar-refractivity contribution in [3.63, 3.8) is 0 Å². The van der Waals surface area contributed by atoms with E-state index in [2.05, 4.69) is 21.7 Å². The Bertz CT molecular complexity index is 1620. The molecule has 0 radical (unpaired) electrons. The molecule has 180 valence electrons. The van der Waals surface area contributed by atoms with Gasteiger partial charge >= 0.3 is 0 Å². The molecule has 0 saturated carbocycles. The molecular formula is C27H19Cl2N3O3S. The lowest BCUT2D eigenvalue weighted by Crippen LogP contribution is -2.33. The number of halogens is 2. The Morgan fingerprint density at radius 1 is 0.861 bits per heavy atom. The molecule has 1 amide bonds.